The number of nitrogens with zero attached hydrogens (tertiary/aromatic N) is 5. The number of aryl methyl sites for hydroxylation is 1. The number of ether oxygens (including phenoxy) is 2. The van der Waals surface area contributed by atoms with Crippen molar-refractivity contribution in [2.45, 2.75) is 32.9 Å². The summed E-state index contributed by atoms with van der Waals surface area (Å²) in [5.74, 6) is 0.672. The van der Waals surface area contributed by atoms with E-state index in [9.17, 15) is 8.78 Å². The van der Waals surface area contributed by atoms with Crippen molar-refractivity contribution in [1.82, 2.24) is 29.8 Å². The lowest BCUT2D eigenvalue weighted by Crippen LogP contribution is -2.44. The number of fused-ring (bicyclic) bond motifs is 1. The predicted octanol–water partition coefficient (Wildman–Crippen LogP) is 4.17. The van der Waals surface area contributed by atoms with E-state index in [4.69, 9.17) is 9.47 Å². The van der Waals surface area contributed by atoms with Crippen LogP contribution in [0.15, 0.2) is 36.7 Å². The summed E-state index contributed by atoms with van der Waals surface area (Å²) >= 11 is 0. The summed E-state index contributed by atoms with van der Waals surface area (Å²) in [5.41, 5.74) is 1.10. The average Bonchev–Trinajstić information content (AvgIpc) is 3.22. The second kappa shape index (κ2) is 10.1. The first-order valence-electron chi connectivity index (χ1n) is 11.8. The van der Waals surface area contributed by atoms with Gasteiger partial charge in [0.25, 0.3) is 0 Å². The molecule has 0 radical (unpaired) electrons. The van der Waals surface area contributed by atoms with Gasteiger partial charge in [-0.05, 0) is 45.0 Å². The molecule has 5 rings (SSSR count). The number of hydrogen-bond donors (Lipinski definition) is 2. The van der Waals surface area contributed by atoms with E-state index in [1.807, 2.05) is 25.3 Å². The monoisotopic (exact) mass is 495 g/mol. The first kappa shape index (κ1) is 24.0. The van der Waals surface area contributed by atoms with E-state index in [1.165, 1.54) is 6.07 Å². The third-order valence-corrected chi connectivity index (χ3v) is 5.88. The number of nitrogens with one attached hydrogen (secondary N) is 2. The van der Waals surface area contributed by atoms with Crippen LogP contribution in [0.4, 0.5) is 20.5 Å². The van der Waals surface area contributed by atoms with Crippen LogP contribution in [-0.2, 0) is 4.74 Å². The van der Waals surface area contributed by atoms with Gasteiger partial charge in [-0.2, -0.15) is 0 Å². The molecule has 36 heavy (non-hydrogen) atoms. The Labute approximate surface area is 206 Å². The molecular weight excluding hydrogens is 468 g/mol. The summed E-state index contributed by atoms with van der Waals surface area (Å²) in [5, 5.41) is 6.28. The maximum Gasteiger partial charge on any atom is 0.229 e. The molecule has 1 aliphatic heterocycles. The van der Waals surface area contributed by atoms with Crippen LogP contribution in [0.1, 0.15) is 25.7 Å². The number of anilines is 2. The van der Waals surface area contributed by atoms with Crippen LogP contribution >= 0.6 is 0 Å². The molecule has 9 nitrogen and oxygen atoms in total. The number of aromatic nitrogens is 5. The Morgan fingerprint density at radius 2 is 2.03 bits per heavy atom. The average molecular weight is 496 g/mol. The first-order chi connectivity index (χ1) is 17.4. The summed E-state index contributed by atoms with van der Waals surface area (Å²) in [6.45, 7) is 8.36. The maximum atomic E-state index is 14.9. The predicted molar refractivity (Wildman–Crippen MR) is 131 cm³/mol. The van der Waals surface area contributed by atoms with Crippen LogP contribution in [-0.4, -0.2) is 56.9 Å². The third kappa shape index (κ3) is 4.98. The molecule has 1 aliphatic rings. The van der Waals surface area contributed by atoms with Crippen molar-refractivity contribution in [2.75, 3.05) is 31.7 Å². The molecule has 0 aliphatic carbocycles. The Morgan fingerprint density at radius 3 is 2.75 bits per heavy atom. The van der Waals surface area contributed by atoms with E-state index in [0.29, 0.717) is 48.3 Å². The number of imidazole rings is 1. The lowest BCUT2D eigenvalue weighted by Gasteiger charge is -2.23. The first-order valence-corrected chi connectivity index (χ1v) is 11.8. The summed E-state index contributed by atoms with van der Waals surface area (Å²) in [6.07, 6.45) is 2.63. The molecule has 0 saturated carbocycles. The largest absolute Gasteiger partial charge is 0.490 e. The summed E-state index contributed by atoms with van der Waals surface area (Å²) < 4.78 is 42.7. The van der Waals surface area contributed by atoms with E-state index in [-0.39, 0.29) is 29.2 Å². The van der Waals surface area contributed by atoms with Crippen molar-refractivity contribution >= 4 is 22.8 Å². The third-order valence-electron chi connectivity index (χ3n) is 5.88. The fourth-order valence-corrected chi connectivity index (χ4v) is 4.26. The molecule has 0 amide bonds. The second-order valence-electron chi connectivity index (χ2n) is 8.88. The van der Waals surface area contributed by atoms with Gasteiger partial charge in [-0.15, -0.1) is 0 Å². The van der Waals surface area contributed by atoms with Gasteiger partial charge < -0.3 is 24.7 Å². The van der Waals surface area contributed by atoms with Gasteiger partial charge in [0.15, 0.2) is 11.6 Å². The molecule has 1 fully saturated rings. The Kier molecular flexibility index (Phi) is 6.75. The van der Waals surface area contributed by atoms with Crippen LogP contribution in [0, 0.1) is 18.6 Å². The van der Waals surface area contributed by atoms with E-state index in [0.717, 1.165) is 12.7 Å². The second-order valence-corrected chi connectivity index (χ2v) is 8.88. The van der Waals surface area contributed by atoms with Gasteiger partial charge in [0.05, 0.1) is 37.2 Å². The van der Waals surface area contributed by atoms with Gasteiger partial charge in [-0.3, -0.25) is 0 Å². The zero-order valence-electron chi connectivity index (χ0n) is 20.3. The Bertz CT molecular complexity index is 1370. The fraction of sp³-hybridized carbons (Fsp3) is 0.360. The molecule has 4 heterocycles. The van der Waals surface area contributed by atoms with Crippen LogP contribution in [0.5, 0.6) is 5.75 Å². The van der Waals surface area contributed by atoms with E-state index < -0.39 is 11.6 Å². The van der Waals surface area contributed by atoms with E-state index in [2.05, 4.69) is 30.6 Å². The van der Waals surface area contributed by atoms with Crippen LogP contribution in [0.3, 0.4) is 0 Å². The lowest BCUT2D eigenvalue weighted by atomic mass is 10.1. The quantitative estimate of drug-likeness (QED) is 0.394. The molecular formula is C25H27F2N7O2. The minimum absolute atomic E-state index is 0.0235. The maximum absolute atomic E-state index is 14.9. The van der Waals surface area contributed by atoms with E-state index in [1.54, 1.807) is 24.4 Å². The number of halogens is 2. The highest BCUT2D eigenvalue weighted by Gasteiger charge is 2.19. The SMILES string of the molecule is Cc1nc2c(F)cc(-c3nc(Nc4ccc(OCC5COCCN5)cn4)ncc3F)cc2n1C(C)C. The van der Waals surface area contributed by atoms with Crippen molar-refractivity contribution in [3.8, 4) is 17.0 Å². The summed E-state index contributed by atoms with van der Waals surface area (Å²) in [4.78, 5) is 17.0. The van der Waals surface area contributed by atoms with Gasteiger partial charge in [0.2, 0.25) is 5.95 Å². The topological polar surface area (TPSA) is 99.0 Å². The zero-order valence-corrected chi connectivity index (χ0v) is 20.3. The number of benzene rings is 1. The molecule has 1 atom stereocenters. The van der Waals surface area contributed by atoms with Crippen LogP contribution in [0.25, 0.3) is 22.3 Å². The number of morpholine rings is 1. The molecule has 1 unspecified atom stereocenters. The zero-order chi connectivity index (χ0) is 25.2. The van der Waals surface area contributed by atoms with Crippen molar-refractivity contribution in [2.24, 2.45) is 0 Å². The van der Waals surface area contributed by atoms with Crippen LogP contribution in [0.2, 0.25) is 0 Å². The highest BCUT2D eigenvalue weighted by molar-refractivity contribution is 5.83. The van der Waals surface area contributed by atoms with Crippen molar-refractivity contribution in [3.05, 3.63) is 54.1 Å². The van der Waals surface area contributed by atoms with Crippen LogP contribution < -0.4 is 15.4 Å². The molecule has 11 heteroatoms. The van der Waals surface area contributed by atoms with E-state index >= 15 is 0 Å². The number of hydrogen-bond acceptors (Lipinski definition) is 8. The van der Waals surface area contributed by atoms with Gasteiger partial charge >= 0.3 is 0 Å². The minimum Gasteiger partial charge on any atom is -0.490 e. The Morgan fingerprint density at radius 1 is 1.17 bits per heavy atom. The fourth-order valence-electron chi connectivity index (χ4n) is 4.26. The van der Waals surface area contributed by atoms with Gasteiger partial charge in [0.1, 0.15) is 35.2 Å². The molecule has 0 spiro atoms. The highest BCUT2D eigenvalue weighted by Crippen LogP contribution is 2.30. The molecule has 2 N–H and O–H groups in total. The number of pyridine rings is 1. The van der Waals surface area contributed by atoms with Gasteiger partial charge in [0, 0.05) is 18.2 Å². The summed E-state index contributed by atoms with van der Waals surface area (Å²) in [7, 11) is 0. The molecule has 188 valence electrons. The van der Waals surface area contributed by atoms with Gasteiger partial charge in [-0.1, -0.05) is 0 Å². The van der Waals surface area contributed by atoms with Gasteiger partial charge in [-0.25, -0.2) is 28.7 Å². The highest BCUT2D eigenvalue weighted by atomic mass is 19.1. The Hall–Kier alpha value is -3.70. The van der Waals surface area contributed by atoms with Crippen molar-refractivity contribution in [3.63, 3.8) is 0 Å². The van der Waals surface area contributed by atoms with Crippen molar-refractivity contribution in [1.29, 1.82) is 0 Å². The molecule has 1 aromatic carbocycles. The molecule has 0 bridgehead atoms. The summed E-state index contributed by atoms with van der Waals surface area (Å²) in [6, 6.07) is 6.61. The normalized spacial score (nSPS) is 16.0. The molecule has 3 aromatic heterocycles. The molecule has 4 aromatic rings. The molecule has 1 saturated heterocycles. The lowest BCUT2D eigenvalue weighted by molar-refractivity contribution is 0.0592. The number of rotatable bonds is 7. The minimum atomic E-state index is -0.663. The Balaban J connectivity index is 1.35. The standard InChI is InChI=1S/C25H27F2N7O2/c1-14(2)34-15(3)31-24-19(26)8-16(9-21(24)34)23-20(27)11-30-25(33-23)32-22-5-4-18(10-29-22)36-13-17-12-35-7-6-28-17/h4-5,8-11,14,17,28H,6-7,12-13H2,1-3H3,(H,29,30,32,33). The van der Waals surface area contributed by atoms with Crippen molar-refractivity contribution < 1.29 is 18.3 Å². The smallest absolute Gasteiger partial charge is 0.229 e.